The Bertz CT molecular complexity index is 1190. The van der Waals surface area contributed by atoms with Crippen molar-refractivity contribution in [1.82, 2.24) is 0 Å². The molecule has 3 heteroatoms. The van der Waals surface area contributed by atoms with E-state index in [1.165, 1.54) is 12.0 Å². The van der Waals surface area contributed by atoms with E-state index >= 15 is 0 Å². The summed E-state index contributed by atoms with van der Waals surface area (Å²) in [4.78, 5) is 0. The van der Waals surface area contributed by atoms with E-state index in [4.69, 9.17) is 0 Å². The fraction of sp³-hybridized carbons (Fsp3) is 0.267. The predicted octanol–water partition coefficient (Wildman–Crippen LogP) is 9.15. The van der Waals surface area contributed by atoms with Crippen molar-refractivity contribution in [3.8, 4) is 22.3 Å². The molecule has 0 saturated carbocycles. The van der Waals surface area contributed by atoms with Gasteiger partial charge < -0.3 is 0 Å². The minimum atomic E-state index is -0.855. The molecule has 0 aromatic heterocycles. The van der Waals surface area contributed by atoms with Crippen LogP contribution in [0.25, 0.3) is 27.8 Å². The summed E-state index contributed by atoms with van der Waals surface area (Å²) in [5, 5.41) is 0. The average molecular weight is 447 g/mol. The normalized spacial score (nSPS) is 16.3. The second-order valence-electron chi connectivity index (χ2n) is 8.72. The van der Waals surface area contributed by atoms with Crippen LogP contribution in [-0.4, -0.2) is 0 Å². The van der Waals surface area contributed by atoms with Gasteiger partial charge in [0.25, 0.3) is 0 Å². The van der Waals surface area contributed by atoms with Gasteiger partial charge in [0.05, 0.1) is 0 Å². The van der Waals surface area contributed by atoms with Crippen molar-refractivity contribution in [1.29, 1.82) is 0 Å². The summed E-state index contributed by atoms with van der Waals surface area (Å²) in [6.07, 6.45) is 10.6. The molecule has 1 aliphatic carbocycles. The quantitative estimate of drug-likeness (QED) is 0.331. The van der Waals surface area contributed by atoms with Crippen molar-refractivity contribution in [3.63, 3.8) is 0 Å². The molecule has 3 aromatic carbocycles. The summed E-state index contributed by atoms with van der Waals surface area (Å²) in [6.45, 7) is 4.06. The first-order valence-corrected chi connectivity index (χ1v) is 11.7. The van der Waals surface area contributed by atoms with E-state index in [0.717, 1.165) is 30.7 Å². The summed E-state index contributed by atoms with van der Waals surface area (Å²) < 4.78 is 44.1. The van der Waals surface area contributed by atoms with E-state index in [-0.39, 0.29) is 11.4 Å². The standard InChI is InChI=1S/C30H29F3/c1-3-5-6-24-15-18-27(30(33)29(24)32)23-13-11-22(12-14-23)26-17-16-25(19-28(26)31)21-9-7-20(4-2)8-10-21/h3,5,9,11-20H,4,6-8,10H2,1-2H3/b5-3-. The maximum Gasteiger partial charge on any atom is 0.166 e. The highest BCUT2D eigenvalue weighted by molar-refractivity contribution is 5.74. The Balaban J connectivity index is 1.56. The molecule has 170 valence electrons. The van der Waals surface area contributed by atoms with Crippen molar-refractivity contribution in [2.75, 3.05) is 0 Å². The van der Waals surface area contributed by atoms with Crippen LogP contribution in [0.4, 0.5) is 13.2 Å². The number of hydrogen-bond acceptors (Lipinski definition) is 0. The maximum atomic E-state index is 15.0. The first-order valence-electron chi connectivity index (χ1n) is 11.7. The van der Waals surface area contributed by atoms with Gasteiger partial charge in [-0.2, -0.15) is 0 Å². The molecule has 3 aromatic rings. The first kappa shape index (κ1) is 23.1. The molecular formula is C30H29F3. The van der Waals surface area contributed by atoms with Crippen LogP contribution in [0.1, 0.15) is 50.7 Å². The van der Waals surface area contributed by atoms with Crippen LogP contribution in [0.3, 0.4) is 0 Å². The van der Waals surface area contributed by atoms with Gasteiger partial charge in [-0.05, 0) is 72.4 Å². The summed E-state index contributed by atoms with van der Waals surface area (Å²) in [7, 11) is 0. The molecule has 1 aliphatic rings. The van der Waals surface area contributed by atoms with Gasteiger partial charge in [0, 0.05) is 11.1 Å². The van der Waals surface area contributed by atoms with Crippen molar-refractivity contribution in [2.45, 2.75) is 46.0 Å². The van der Waals surface area contributed by atoms with Crippen LogP contribution in [0.15, 0.2) is 72.8 Å². The number of benzene rings is 3. The lowest BCUT2D eigenvalue weighted by Gasteiger charge is -2.21. The average Bonchev–Trinajstić information content (AvgIpc) is 2.85. The van der Waals surface area contributed by atoms with E-state index in [1.807, 2.05) is 25.1 Å². The maximum absolute atomic E-state index is 15.0. The van der Waals surface area contributed by atoms with Gasteiger partial charge in [0.2, 0.25) is 0 Å². The zero-order chi connectivity index (χ0) is 23.4. The van der Waals surface area contributed by atoms with Gasteiger partial charge >= 0.3 is 0 Å². The summed E-state index contributed by atoms with van der Waals surface area (Å²) in [5.41, 5.74) is 4.45. The minimum Gasteiger partial charge on any atom is -0.206 e. The molecule has 0 spiro atoms. The van der Waals surface area contributed by atoms with E-state index in [2.05, 4.69) is 13.0 Å². The minimum absolute atomic E-state index is 0.203. The Morgan fingerprint density at radius 1 is 0.848 bits per heavy atom. The van der Waals surface area contributed by atoms with Crippen molar-refractivity contribution >= 4 is 5.57 Å². The predicted molar refractivity (Wildman–Crippen MR) is 131 cm³/mol. The fourth-order valence-electron chi connectivity index (χ4n) is 4.51. The third-order valence-electron chi connectivity index (χ3n) is 6.68. The number of allylic oxidation sites excluding steroid dienone is 4. The third-order valence-corrected chi connectivity index (χ3v) is 6.68. The van der Waals surface area contributed by atoms with Crippen molar-refractivity contribution < 1.29 is 13.2 Å². The summed E-state index contributed by atoms with van der Waals surface area (Å²) >= 11 is 0. The molecule has 33 heavy (non-hydrogen) atoms. The molecule has 0 N–H and O–H groups in total. The Morgan fingerprint density at radius 2 is 1.52 bits per heavy atom. The molecule has 4 rings (SSSR count). The largest absolute Gasteiger partial charge is 0.206 e. The highest BCUT2D eigenvalue weighted by Gasteiger charge is 2.17. The van der Waals surface area contributed by atoms with Crippen LogP contribution < -0.4 is 0 Å². The molecule has 0 heterocycles. The Hall–Kier alpha value is -3.07. The van der Waals surface area contributed by atoms with Gasteiger partial charge in [0.1, 0.15) is 5.82 Å². The van der Waals surface area contributed by atoms with Crippen LogP contribution in [0.2, 0.25) is 0 Å². The molecule has 1 unspecified atom stereocenters. The smallest absolute Gasteiger partial charge is 0.166 e. The topological polar surface area (TPSA) is 0 Å². The van der Waals surface area contributed by atoms with Crippen molar-refractivity contribution in [2.24, 2.45) is 5.92 Å². The van der Waals surface area contributed by atoms with Gasteiger partial charge in [-0.1, -0.05) is 80.1 Å². The molecule has 1 atom stereocenters. The van der Waals surface area contributed by atoms with Crippen molar-refractivity contribution in [3.05, 3.63) is 101 Å². The Morgan fingerprint density at radius 3 is 2.12 bits per heavy atom. The SMILES string of the molecule is C/C=C\Cc1ccc(-c2ccc(-c3ccc(C4=CCC(CC)CC4)cc3F)cc2)c(F)c1F. The van der Waals surface area contributed by atoms with E-state index in [9.17, 15) is 13.2 Å². The first-order chi connectivity index (χ1) is 16.0. The Kier molecular flexibility index (Phi) is 7.17. The molecule has 0 saturated heterocycles. The van der Waals surface area contributed by atoms with Gasteiger partial charge in [-0.3, -0.25) is 0 Å². The second-order valence-corrected chi connectivity index (χ2v) is 8.72. The number of halogens is 3. The molecule has 0 nitrogen and oxygen atoms in total. The number of rotatable bonds is 6. The van der Waals surface area contributed by atoms with E-state index in [1.54, 1.807) is 48.5 Å². The molecular weight excluding hydrogens is 417 g/mol. The highest BCUT2D eigenvalue weighted by atomic mass is 19.2. The van der Waals surface area contributed by atoms with E-state index < -0.39 is 11.6 Å². The lowest BCUT2D eigenvalue weighted by Crippen LogP contribution is -2.04. The molecule has 0 aliphatic heterocycles. The molecule has 0 amide bonds. The fourth-order valence-corrected chi connectivity index (χ4v) is 4.51. The lowest BCUT2D eigenvalue weighted by molar-refractivity contribution is 0.470. The number of hydrogen-bond donors (Lipinski definition) is 0. The molecule has 0 radical (unpaired) electrons. The summed E-state index contributed by atoms with van der Waals surface area (Å²) in [6, 6.07) is 15.5. The second kappa shape index (κ2) is 10.2. The molecule has 0 bridgehead atoms. The van der Waals surface area contributed by atoms with Crippen LogP contribution in [0.5, 0.6) is 0 Å². The van der Waals surface area contributed by atoms with Crippen LogP contribution in [0, 0.1) is 23.4 Å². The Labute approximate surface area is 194 Å². The van der Waals surface area contributed by atoms with Gasteiger partial charge in [-0.15, -0.1) is 0 Å². The highest BCUT2D eigenvalue weighted by Crippen LogP contribution is 2.34. The zero-order valence-electron chi connectivity index (χ0n) is 19.2. The summed E-state index contributed by atoms with van der Waals surface area (Å²) in [5.74, 6) is -1.21. The zero-order valence-corrected chi connectivity index (χ0v) is 19.2. The third kappa shape index (κ3) is 4.98. The van der Waals surface area contributed by atoms with E-state index in [0.29, 0.717) is 28.7 Å². The lowest BCUT2D eigenvalue weighted by atomic mass is 9.85. The van der Waals surface area contributed by atoms with Gasteiger partial charge in [0.15, 0.2) is 11.6 Å². The monoisotopic (exact) mass is 446 g/mol. The van der Waals surface area contributed by atoms with Crippen LogP contribution >= 0.6 is 0 Å². The van der Waals surface area contributed by atoms with Gasteiger partial charge in [-0.25, -0.2) is 13.2 Å². The molecule has 0 fully saturated rings. The van der Waals surface area contributed by atoms with Crippen LogP contribution in [-0.2, 0) is 6.42 Å².